The zero-order valence-electron chi connectivity index (χ0n) is 14.4. The fourth-order valence-electron chi connectivity index (χ4n) is 2.73. The monoisotopic (exact) mass is 344 g/mol. The highest BCUT2D eigenvalue weighted by Crippen LogP contribution is 2.11. The third kappa shape index (κ3) is 11.6. The molecular formula is C17H30NO6+. The van der Waals surface area contributed by atoms with Crippen LogP contribution in [0.1, 0.15) is 51.9 Å². The van der Waals surface area contributed by atoms with E-state index < -0.39 is 42.0 Å². The van der Waals surface area contributed by atoms with Crippen LogP contribution in [0.4, 0.5) is 0 Å². The van der Waals surface area contributed by atoms with Crippen molar-refractivity contribution < 1.29 is 34.2 Å². The number of rotatable bonds is 15. The van der Waals surface area contributed by atoms with E-state index in [-0.39, 0.29) is 6.54 Å². The Morgan fingerprint density at radius 1 is 0.750 bits per heavy atom. The number of unbranched alkanes of at least 4 members (excludes halogenated alkanes) is 5. The number of quaternary nitrogens is 1. The van der Waals surface area contributed by atoms with Crippen LogP contribution >= 0.6 is 0 Å². The molecule has 0 radical (unpaired) electrons. The Balaban J connectivity index is 4.48. The van der Waals surface area contributed by atoms with Gasteiger partial charge in [-0.15, -0.1) is 0 Å². The van der Waals surface area contributed by atoms with Gasteiger partial charge in [-0.3, -0.25) is 4.48 Å². The molecule has 0 unspecified atom stereocenters. The van der Waals surface area contributed by atoms with E-state index in [9.17, 15) is 14.4 Å². The number of hydrogen-bond donors (Lipinski definition) is 3. The number of aliphatic carboxylic acids is 3. The number of allylic oxidation sites excluding steroid dienone is 2. The molecular weight excluding hydrogens is 314 g/mol. The van der Waals surface area contributed by atoms with Gasteiger partial charge in [-0.25, -0.2) is 14.4 Å². The Bertz CT molecular complexity index is 392. The van der Waals surface area contributed by atoms with Crippen molar-refractivity contribution in [1.82, 2.24) is 0 Å². The molecule has 0 aromatic heterocycles. The van der Waals surface area contributed by atoms with E-state index in [2.05, 4.69) is 13.0 Å². The second-order valence-electron chi connectivity index (χ2n) is 6.18. The standard InChI is InChI=1S/C17H29NO6/c1-2-3-4-5-6-7-8-9-10-11-18(12-15(19)20,13-16(21)22)14-17(23)24/h7-8H,2-6,9-14H2,1H3,(H2-,19,20,21,22,23,24)/p+1/b8-7+. The summed E-state index contributed by atoms with van der Waals surface area (Å²) >= 11 is 0. The first-order valence-electron chi connectivity index (χ1n) is 8.47. The Kier molecular flexibility index (Phi) is 11.5. The van der Waals surface area contributed by atoms with Crippen molar-refractivity contribution in [2.75, 3.05) is 26.2 Å². The highest BCUT2D eigenvalue weighted by atomic mass is 16.4. The van der Waals surface area contributed by atoms with E-state index in [4.69, 9.17) is 15.3 Å². The highest BCUT2D eigenvalue weighted by molar-refractivity contribution is 5.73. The average molecular weight is 344 g/mol. The molecule has 3 N–H and O–H groups in total. The quantitative estimate of drug-likeness (QED) is 0.239. The lowest BCUT2D eigenvalue weighted by atomic mass is 10.1. The maximum Gasteiger partial charge on any atom is 0.359 e. The molecule has 0 atom stereocenters. The van der Waals surface area contributed by atoms with Gasteiger partial charge in [0.2, 0.25) is 0 Å². The van der Waals surface area contributed by atoms with Crippen LogP contribution in [-0.4, -0.2) is 63.9 Å². The van der Waals surface area contributed by atoms with Crippen molar-refractivity contribution >= 4 is 17.9 Å². The third-order valence-electron chi connectivity index (χ3n) is 3.81. The summed E-state index contributed by atoms with van der Waals surface area (Å²) in [5.41, 5.74) is 0. The number of carbonyl (C=O) groups is 3. The molecule has 0 saturated heterocycles. The summed E-state index contributed by atoms with van der Waals surface area (Å²) in [7, 11) is 0. The lowest BCUT2D eigenvalue weighted by Crippen LogP contribution is -2.57. The number of carboxylic acid groups (broad SMARTS) is 3. The fraction of sp³-hybridized carbons (Fsp3) is 0.706. The maximum atomic E-state index is 11.0. The van der Waals surface area contributed by atoms with Crippen molar-refractivity contribution in [3.05, 3.63) is 12.2 Å². The summed E-state index contributed by atoms with van der Waals surface area (Å²) in [6, 6.07) is 0. The zero-order chi connectivity index (χ0) is 18.4. The lowest BCUT2D eigenvalue weighted by molar-refractivity contribution is -0.907. The van der Waals surface area contributed by atoms with Gasteiger partial charge in [0.25, 0.3) is 0 Å². The minimum Gasteiger partial charge on any atom is -0.477 e. The molecule has 0 fully saturated rings. The molecule has 0 saturated carbocycles. The molecule has 0 aromatic carbocycles. The van der Waals surface area contributed by atoms with Gasteiger partial charge >= 0.3 is 17.9 Å². The van der Waals surface area contributed by atoms with Gasteiger partial charge in [-0.05, 0) is 19.3 Å². The zero-order valence-corrected chi connectivity index (χ0v) is 14.4. The topological polar surface area (TPSA) is 112 Å². The Morgan fingerprint density at radius 3 is 1.62 bits per heavy atom. The number of nitrogens with zero attached hydrogens (tertiary/aromatic N) is 1. The molecule has 0 aliphatic rings. The Hall–Kier alpha value is -1.89. The second-order valence-corrected chi connectivity index (χ2v) is 6.18. The molecule has 0 amide bonds. The molecule has 24 heavy (non-hydrogen) atoms. The Labute approximate surface area is 143 Å². The van der Waals surface area contributed by atoms with Crippen LogP contribution < -0.4 is 0 Å². The van der Waals surface area contributed by atoms with Crippen LogP contribution in [0, 0.1) is 0 Å². The van der Waals surface area contributed by atoms with Gasteiger partial charge in [-0.1, -0.05) is 38.3 Å². The minimum atomic E-state index is -1.19. The predicted molar refractivity (Wildman–Crippen MR) is 89.8 cm³/mol. The summed E-state index contributed by atoms with van der Waals surface area (Å²) in [5.74, 6) is -3.57. The van der Waals surface area contributed by atoms with Gasteiger partial charge in [0.05, 0.1) is 6.54 Å². The van der Waals surface area contributed by atoms with Crippen molar-refractivity contribution in [2.45, 2.75) is 51.9 Å². The molecule has 0 aliphatic heterocycles. The summed E-state index contributed by atoms with van der Waals surface area (Å²) in [5, 5.41) is 27.0. The first-order valence-corrected chi connectivity index (χ1v) is 8.47. The van der Waals surface area contributed by atoms with Crippen molar-refractivity contribution in [3.63, 3.8) is 0 Å². The summed E-state index contributed by atoms with van der Waals surface area (Å²) < 4.78 is -0.468. The van der Waals surface area contributed by atoms with E-state index >= 15 is 0 Å². The smallest absolute Gasteiger partial charge is 0.359 e. The van der Waals surface area contributed by atoms with Crippen LogP contribution in [0.3, 0.4) is 0 Å². The second kappa shape index (κ2) is 12.5. The van der Waals surface area contributed by atoms with E-state index in [1.54, 1.807) is 0 Å². The molecule has 0 spiro atoms. The molecule has 7 heteroatoms. The van der Waals surface area contributed by atoms with Crippen molar-refractivity contribution in [3.8, 4) is 0 Å². The van der Waals surface area contributed by atoms with Crippen LogP contribution in [0.25, 0.3) is 0 Å². The average Bonchev–Trinajstić information content (AvgIpc) is 2.43. The first kappa shape index (κ1) is 22.1. The van der Waals surface area contributed by atoms with Crippen LogP contribution in [0.5, 0.6) is 0 Å². The third-order valence-corrected chi connectivity index (χ3v) is 3.81. The largest absolute Gasteiger partial charge is 0.477 e. The van der Waals surface area contributed by atoms with E-state index in [1.807, 2.05) is 6.08 Å². The maximum absolute atomic E-state index is 11.0. The van der Waals surface area contributed by atoms with Gasteiger partial charge < -0.3 is 15.3 Å². The minimum absolute atomic E-state index is 0.213. The molecule has 0 rings (SSSR count). The summed E-state index contributed by atoms with van der Waals surface area (Å²) in [6.45, 7) is 0.870. The van der Waals surface area contributed by atoms with Gasteiger partial charge in [0, 0.05) is 6.42 Å². The van der Waals surface area contributed by atoms with Crippen LogP contribution in [-0.2, 0) is 14.4 Å². The molecule has 0 bridgehead atoms. The van der Waals surface area contributed by atoms with E-state index in [0.717, 1.165) is 12.8 Å². The SMILES string of the molecule is CCCCCC/C=C/CCC[N+](CC(=O)O)(CC(=O)O)CC(=O)O. The normalized spacial score (nSPS) is 11.7. The lowest BCUT2D eigenvalue weighted by Gasteiger charge is -2.34. The Morgan fingerprint density at radius 2 is 1.21 bits per heavy atom. The fourth-order valence-corrected chi connectivity index (χ4v) is 2.73. The van der Waals surface area contributed by atoms with Crippen molar-refractivity contribution in [1.29, 1.82) is 0 Å². The predicted octanol–water partition coefficient (Wildman–Crippen LogP) is 2.36. The molecule has 7 nitrogen and oxygen atoms in total. The van der Waals surface area contributed by atoms with Gasteiger partial charge in [-0.2, -0.15) is 0 Å². The first-order chi connectivity index (χ1) is 11.3. The highest BCUT2D eigenvalue weighted by Gasteiger charge is 2.35. The number of carboxylic acids is 3. The van der Waals surface area contributed by atoms with Gasteiger partial charge in [0.15, 0.2) is 19.6 Å². The summed E-state index contributed by atoms with van der Waals surface area (Å²) in [4.78, 5) is 33.1. The van der Waals surface area contributed by atoms with Crippen LogP contribution in [0.15, 0.2) is 12.2 Å². The molecule has 0 aliphatic carbocycles. The molecule has 138 valence electrons. The number of hydrogen-bond acceptors (Lipinski definition) is 3. The van der Waals surface area contributed by atoms with Gasteiger partial charge in [0.1, 0.15) is 0 Å². The van der Waals surface area contributed by atoms with E-state index in [1.165, 1.54) is 19.3 Å². The van der Waals surface area contributed by atoms with Crippen molar-refractivity contribution in [2.24, 2.45) is 0 Å². The van der Waals surface area contributed by atoms with E-state index in [0.29, 0.717) is 12.8 Å². The molecule has 0 aromatic rings. The summed E-state index contributed by atoms with van der Waals surface area (Å²) in [6.07, 6.45) is 11.1. The van der Waals surface area contributed by atoms with Crippen LogP contribution in [0.2, 0.25) is 0 Å². The molecule has 0 heterocycles.